The van der Waals surface area contributed by atoms with E-state index in [1.54, 1.807) is 11.3 Å². The van der Waals surface area contributed by atoms with Gasteiger partial charge in [-0.05, 0) is 24.3 Å². The molecule has 5 aromatic rings. The third-order valence-corrected chi connectivity index (χ3v) is 5.57. The van der Waals surface area contributed by atoms with Crippen LogP contribution in [0.15, 0.2) is 96.5 Å². The number of carbonyl (C=O) groups is 1. The Morgan fingerprint density at radius 1 is 0.839 bits per heavy atom. The Bertz CT molecular complexity index is 1310. The molecule has 0 unspecified atom stereocenters. The molecule has 0 aliphatic carbocycles. The first-order chi connectivity index (χ1) is 15.3. The number of nitrogens with one attached hydrogen (secondary N) is 1. The maximum atomic E-state index is 12.5. The Labute approximate surface area is 182 Å². The zero-order valence-electron chi connectivity index (χ0n) is 16.3. The van der Waals surface area contributed by atoms with Gasteiger partial charge in [0, 0.05) is 22.2 Å². The summed E-state index contributed by atoms with van der Waals surface area (Å²) in [6, 6.07) is 27.2. The summed E-state index contributed by atoms with van der Waals surface area (Å²) in [6.45, 7) is 0. The van der Waals surface area contributed by atoms with E-state index in [-0.39, 0.29) is 11.6 Å². The Morgan fingerprint density at radius 3 is 2.29 bits per heavy atom. The van der Waals surface area contributed by atoms with Gasteiger partial charge in [-0.25, -0.2) is 4.98 Å². The van der Waals surface area contributed by atoms with Crippen molar-refractivity contribution < 1.29 is 4.79 Å². The van der Waals surface area contributed by atoms with E-state index in [0.29, 0.717) is 5.69 Å². The lowest BCUT2D eigenvalue weighted by molar-refractivity contribution is 0.102. The molecule has 0 saturated carbocycles. The van der Waals surface area contributed by atoms with Crippen molar-refractivity contribution in [3.8, 4) is 27.5 Å². The van der Waals surface area contributed by atoms with Crippen molar-refractivity contribution in [3.63, 3.8) is 0 Å². The molecule has 3 aromatic carbocycles. The fourth-order valence-electron chi connectivity index (χ4n) is 3.09. The largest absolute Gasteiger partial charge is 0.321 e. The van der Waals surface area contributed by atoms with Crippen LogP contribution in [0.25, 0.3) is 27.5 Å². The van der Waals surface area contributed by atoms with E-state index in [1.807, 2.05) is 78.2 Å². The second kappa shape index (κ2) is 8.33. The van der Waals surface area contributed by atoms with Gasteiger partial charge in [0.15, 0.2) is 5.69 Å². The molecular formula is C24H17N5OS. The highest BCUT2D eigenvalue weighted by Crippen LogP contribution is 2.29. The number of amides is 1. The van der Waals surface area contributed by atoms with Gasteiger partial charge in [0.2, 0.25) is 0 Å². The Balaban J connectivity index is 1.28. The minimum Gasteiger partial charge on any atom is -0.321 e. The molecule has 0 atom stereocenters. The molecule has 0 aliphatic rings. The number of carbonyl (C=O) groups excluding carboxylic acids is 1. The van der Waals surface area contributed by atoms with Gasteiger partial charge in [-0.15, -0.1) is 16.4 Å². The SMILES string of the molecule is O=C(Nc1ccc(-c2csc(-c3ccccc3)n2)cc1)c1cnn(-c2ccccc2)n1. The van der Waals surface area contributed by atoms with Crippen molar-refractivity contribution in [3.05, 3.63) is 102 Å². The topological polar surface area (TPSA) is 72.7 Å². The zero-order chi connectivity index (χ0) is 21.0. The minimum absolute atomic E-state index is 0.250. The third kappa shape index (κ3) is 4.12. The molecule has 0 fully saturated rings. The van der Waals surface area contributed by atoms with Crippen LogP contribution in [0.1, 0.15) is 10.5 Å². The van der Waals surface area contributed by atoms with Crippen LogP contribution in [0.5, 0.6) is 0 Å². The number of thiazole rings is 1. The van der Waals surface area contributed by atoms with Crippen molar-refractivity contribution >= 4 is 22.9 Å². The summed E-state index contributed by atoms with van der Waals surface area (Å²) in [5.74, 6) is -0.310. The number of hydrogen-bond acceptors (Lipinski definition) is 5. The minimum atomic E-state index is -0.310. The molecule has 1 amide bonds. The number of nitrogens with zero attached hydrogens (tertiary/aromatic N) is 4. The van der Waals surface area contributed by atoms with Crippen LogP contribution < -0.4 is 5.32 Å². The number of para-hydroxylation sites is 1. The number of rotatable bonds is 5. The molecule has 0 spiro atoms. The highest BCUT2D eigenvalue weighted by molar-refractivity contribution is 7.13. The van der Waals surface area contributed by atoms with E-state index in [2.05, 4.69) is 27.6 Å². The van der Waals surface area contributed by atoms with Crippen molar-refractivity contribution in [2.45, 2.75) is 0 Å². The summed E-state index contributed by atoms with van der Waals surface area (Å²) in [6.07, 6.45) is 1.46. The molecule has 1 N–H and O–H groups in total. The fourth-order valence-corrected chi connectivity index (χ4v) is 3.93. The lowest BCUT2D eigenvalue weighted by Gasteiger charge is -2.04. The lowest BCUT2D eigenvalue weighted by Crippen LogP contribution is -2.13. The number of anilines is 1. The van der Waals surface area contributed by atoms with Gasteiger partial charge < -0.3 is 5.32 Å². The first-order valence-electron chi connectivity index (χ1n) is 9.67. The van der Waals surface area contributed by atoms with E-state index in [0.717, 1.165) is 27.5 Å². The van der Waals surface area contributed by atoms with E-state index in [9.17, 15) is 4.79 Å². The zero-order valence-corrected chi connectivity index (χ0v) is 17.2. The summed E-state index contributed by atoms with van der Waals surface area (Å²) >= 11 is 1.61. The predicted molar refractivity (Wildman–Crippen MR) is 122 cm³/mol. The van der Waals surface area contributed by atoms with E-state index >= 15 is 0 Å². The second-order valence-electron chi connectivity index (χ2n) is 6.79. The molecule has 31 heavy (non-hydrogen) atoms. The van der Waals surface area contributed by atoms with Gasteiger partial charge in [-0.3, -0.25) is 4.79 Å². The maximum Gasteiger partial charge on any atom is 0.277 e. The molecule has 0 saturated heterocycles. The number of benzene rings is 3. The molecule has 0 aliphatic heterocycles. The Kier molecular flexibility index (Phi) is 5.08. The maximum absolute atomic E-state index is 12.5. The molecule has 150 valence electrons. The monoisotopic (exact) mass is 423 g/mol. The molecule has 6 nitrogen and oxygen atoms in total. The summed E-state index contributed by atoms with van der Waals surface area (Å²) in [5, 5.41) is 14.3. The summed E-state index contributed by atoms with van der Waals surface area (Å²) in [5.41, 5.74) is 4.73. The fraction of sp³-hybridized carbons (Fsp3) is 0. The average molecular weight is 424 g/mol. The standard InChI is InChI=1S/C24H17N5OS/c30-23(21-15-25-29(28-21)20-9-5-2-6-10-20)26-19-13-11-17(12-14-19)22-16-31-24(27-22)18-7-3-1-4-8-18/h1-16H,(H,26,30). The van der Waals surface area contributed by atoms with Gasteiger partial charge in [-0.1, -0.05) is 60.7 Å². The van der Waals surface area contributed by atoms with Crippen molar-refractivity contribution in [1.82, 2.24) is 20.0 Å². The normalized spacial score (nSPS) is 10.7. The molecule has 0 radical (unpaired) electrons. The van der Waals surface area contributed by atoms with Crippen LogP contribution in [-0.2, 0) is 0 Å². The second-order valence-corrected chi connectivity index (χ2v) is 7.65. The van der Waals surface area contributed by atoms with Gasteiger partial charge in [-0.2, -0.15) is 9.90 Å². The molecule has 2 aromatic heterocycles. The molecule has 5 rings (SSSR count). The van der Waals surface area contributed by atoms with E-state index in [4.69, 9.17) is 4.98 Å². The van der Waals surface area contributed by atoms with Crippen LogP contribution in [0.3, 0.4) is 0 Å². The first-order valence-corrected chi connectivity index (χ1v) is 10.5. The smallest absolute Gasteiger partial charge is 0.277 e. The molecular weight excluding hydrogens is 406 g/mol. The quantitative estimate of drug-likeness (QED) is 0.416. The van der Waals surface area contributed by atoms with Gasteiger partial charge in [0.05, 0.1) is 17.6 Å². The lowest BCUT2D eigenvalue weighted by atomic mass is 10.1. The molecule has 7 heteroatoms. The third-order valence-electron chi connectivity index (χ3n) is 4.68. The predicted octanol–water partition coefficient (Wildman–Crippen LogP) is 5.31. The van der Waals surface area contributed by atoms with Crippen LogP contribution >= 0.6 is 11.3 Å². The highest BCUT2D eigenvalue weighted by atomic mass is 32.1. The van der Waals surface area contributed by atoms with Crippen LogP contribution in [0.2, 0.25) is 0 Å². The summed E-state index contributed by atoms with van der Waals surface area (Å²) in [7, 11) is 0. The molecule has 0 bridgehead atoms. The number of hydrogen-bond donors (Lipinski definition) is 1. The van der Waals surface area contributed by atoms with E-state index in [1.165, 1.54) is 11.0 Å². The highest BCUT2D eigenvalue weighted by Gasteiger charge is 2.12. The summed E-state index contributed by atoms with van der Waals surface area (Å²) < 4.78 is 0. The van der Waals surface area contributed by atoms with Gasteiger partial charge >= 0.3 is 0 Å². The van der Waals surface area contributed by atoms with Gasteiger partial charge in [0.25, 0.3) is 5.91 Å². The Hall–Kier alpha value is -4.10. The summed E-state index contributed by atoms with van der Waals surface area (Å²) in [4.78, 5) is 18.7. The van der Waals surface area contributed by atoms with Crippen LogP contribution in [0, 0.1) is 0 Å². The van der Waals surface area contributed by atoms with Crippen molar-refractivity contribution in [2.75, 3.05) is 5.32 Å². The molecule has 2 heterocycles. The van der Waals surface area contributed by atoms with Crippen molar-refractivity contribution in [2.24, 2.45) is 0 Å². The van der Waals surface area contributed by atoms with E-state index < -0.39 is 0 Å². The van der Waals surface area contributed by atoms with Gasteiger partial charge in [0.1, 0.15) is 5.01 Å². The average Bonchev–Trinajstić information content (AvgIpc) is 3.51. The van der Waals surface area contributed by atoms with Crippen LogP contribution in [0.4, 0.5) is 5.69 Å². The van der Waals surface area contributed by atoms with Crippen molar-refractivity contribution in [1.29, 1.82) is 0 Å². The Morgan fingerprint density at radius 2 is 1.55 bits per heavy atom. The van der Waals surface area contributed by atoms with Crippen LogP contribution in [-0.4, -0.2) is 25.9 Å². The number of aromatic nitrogens is 4. The first kappa shape index (κ1) is 18.9.